The van der Waals surface area contributed by atoms with Gasteiger partial charge in [-0.2, -0.15) is 0 Å². The lowest BCUT2D eigenvalue weighted by atomic mass is 10.1. The van der Waals surface area contributed by atoms with Crippen LogP contribution >= 0.6 is 46.0 Å². The van der Waals surface area contributed by atoms with Gasteiger partial charge in [-0.3, -0.25) is 19.3 Å². The first-order valence-corrected chi connectivity index (χ1v) is 12.0. The number of carbonyl (C=O) groups excluding carboxylic acids is 3. The maximum Gasteiger partial charge on any atom is 0.294 e. The van der Waals surface area contributed by atoms with Crippen molar-refractivity contribution in [2.45, 2.75) is 13.8 Å². The topological polar surface area (TPSA) is 84.9 Å². The monoisotopic (exact) mass is 586 g/mol. The second-order valence-corrected chi connectivity index (χ2v) is 9.16. The molecule has 1 aliphatic heterocycles. The smallest absolute Gasteiger partial charge is 0.294 e. The van der Waals surface area contributed by atoms with Crippen LogP contribution in [0.5, 0.6) is 11.5 Å². The number of anilines is 1. The highest BCUT2D eigenvalue weighted by Gasteiger charge is 2.36. The molecule has 1 aliphatic rings. The van der Waals surface area contributed by atoms with E-state index in [0.29, 0.717) is 41.0 Å². The van der Waals surface area contributed by atoms with Crippen LogP contribution in [0.3, 0.4) is 0 Å². The highest BCUT2D eigenvalue weighted by molar-refractivity contribution is 14.1. The number of carbonyl (C=O) groups is 3. The molecule has 3 amide bonds. The highest BCUT2D eigenvalue weighted by Crippen LogP contribution is 2.39. The van der Waals surface area contributed by atoms with Crippen molar-refractivity contribution in [3.05, 3.63) is 55.5 Å². The van der Waals surface area contributed by atoms with Crippen LogP contribution in [0.1, 0.15) is 19.4 Å². The molecule has 7 nitrogen and oxygen atoms in total. The second-order valence-electron chi connectivity index (χ2n) is 6.52. The fourth-order valence-corrected chi connectivity index (χ4v) is 4.36. The Balaban J connectivity index is 1.76. The fraction of sp³-hybridized carbons (Fsp3) is 0.227. The number of halogens is 2. The third-order valence-electron chi connectivity index (χ3n) is 4.22. The van der Waals surface area contributed by atoms with E-state index in [0.717, 1.165) is 20.2 Å². The number of amides is 3. The van der Waals surface area contributed by atoms with Crippen LogP contribution in [-0.2, 0) is 9.59 Å². The normalized spacial score (nSPS) is 14.8. The van der Waals surface area contributed by atoms with Gasteiger partial charge in [0.1, 0.15) is 6.54 Å². The Morgan fingerprint density at radius 3 is 2.50 bits per heavy atom. The Hall–Kier alpha value is -2.24. The molecule has 0 unspecified atom stereocenters. The van der Waals surface area contributed by atoms with Gasteiger partial charge in [0, 0.05) is 9.26 Å². The van der Waals surface area contributed by atoms with Crippen LogP contribution in [0.2, 0.25) is 5.02 Å². The van der Waals surface area contributed by atoms with Gasteiger partial charge >= 0.3 is 0 Å². The average molecular weight is 587 g/mol. The van der Waals surface area contributed by atoms with E-state index in [1.165, 1.54) is 0 Å². The molecule has 0 atom stereocenters. The molecule has 32 heavy (non-hydrogen) atoms. The maximum atomic E-state index is 12.8. The molecule has 168 valence electrons. The molecule has 1 heterocycles. The molecular formula is C22H20ClIN2O5S. The number of imide groups is 1. The van der Waals surface area contributed by atoms with Crippen LogP contribution < -0.4 is 14.8 Å². The van der Waals surface area contributed by atoms with Crippen molar-refractivity contribution in [3.63, 3.8) is 0 Å². The molecule has 0 bridgehead atoms. The Bertz CT molecular complexity index is 1070. The van der Waals surface area contributed by atoms with Crippen molar-refractivity contribution < 1.29 is 23.9 Å². The molecule has 2 aromatic rings. The van der Waals surface area contributed by atoms with Gasteiger partial charge in [0.05, 0.1) is 23.1 Å². The van der Waals surface area contributed by atoms with Crippen LogP contribution in [0.4, 0.5) is 10.5 Å². The van der Waals surface area contributed by atoms with Gasteiger partial charge in [-0.05, 0) is 96.2 Å². The molecule has 0 spiro atoms. The molecular weight excluding hydrogens is 567 g/mol. The van der Waals surface area contributed by atoms with Crippen molar-refractivity contribution in [2.75, 3.05) is 25.1 Å². The Labute approximate surface area is 208 Å². The summed E-state index contributed by atoms with van der Waals surface area (Å²) < 4.78 is 12.2. The van der Waals surface area contributed by atoms with Gasteiger partial charge in [-0.25, -0.2) is 0 Å². The van der Waals surface area contributed by atoms with Crippen molar-refractivity contribution in [2.24, 2.45) is 0 Å². The number of thioether (sulfide) groups is 1. The summed E-state index contributed by atoms with van der Waals surface area (Å²) in [5.41, 5.74) is 1.17. The molecule has 3 rings (SSSR count). The predicted molar refractivity (Wildman–Crippen MR) is 134 cm³/mol. The lowest BCUT2D eigenvalue weighted by Crippen LogP contribution is -2.36. The zero-order valence-electron chi connectivity index (χ0n) is 17.3. The second kappa shape index (κ2) is 11.1. The number of hydrogen-bond donors (Lipinski definition) is 1. The summed E-state index contributed by atoms with van der Waals surface area (Å²) in [6.07, 6.45) is 1.55. The van der Waals surface area contributed by atoms with Crippen molar-refractivity contribution in [3.8, 4) is 11.5 Å². The Morgan fingerprint density at radius 1 is 1.16 bits per heavy atom. The first kappa shape index (κ1) is 24.4. The first-order chi connectivity index (χ1) is 15.3. The van der Waals surface area contributed by atoms with E-state index in [9.17, 15) is 14.4 Å². The standard InChI is InChI=1S/C22H20ClIN2O5S/c1-3-30-17-10-13(9-16(23)20(17)31-4-2)11-18-21(28)26(22(29)32-18)12-19(27)25-15-7-5-14(24)6-8-15/h5-11H,3-4,12H2,1-2H3,(H,25,27)/b18-11+. The Kier molecular flexibility index (Phi) is 8.44. The van der Waals surface area contributed by atoms with Crippen LogP contribution in [0.15, 0.2) is 41.3 Å². The minimum Gasteiger partial charge on any atom is -0.490 e. The van der Waals surface area contributed by atoms with Gasteiger partial charge in [0.15, 0.2) is 11.5 Å². The van der Waals surface area contributed by atoms with Crippen LogP contribution in [-0.4, -0.2) is 41.7 Å². The van der Waals surface area contributed by atoms with Gasteiger partial charge < -0.3 is 14.8 Å². The number of hydrogen-bond acceptors (Lipinski definition) is 6. The fourth-order valence-electron chi connectivity index (χ4n) is 2.88. The van der Waals surface area contributed by atoms with Crippen LogP contribution in [0.25, 0.3) is 6.08 Å². The van der Waals surface area contributed by atoms with E-state index in [2.05, 4.69) is 27.9 Å². The minimum atomic E-state index is -0.541. The zero-order chi connectivity index (χ0) is 23.3. The summed E-state index contributed by atoms with van der Waals surface area (Å²) in [4.78, 5) is 38.6. The Morgan fingerprint density at radius 2 is 1.84 bits per heavy atom. The van der Waals surface area contributed by atoms with Crippen molar-refractivity contribution >= 4 is 74.8 Å². The van der Waals surface area contributed by atoms with Gasteiger partial charge in [-0.15, -0.1) is 0 Å². The highest BCUT2D eigenvalue weighted by atomic mass is 127. The molecule has 0 aliphatic carbocycles. The summed E-state index contributed by atoms with van der Waals surface area (Å²) in [7, 11) is 0. The quantitative estimate of drug-likeness (QED) is 0.329. The average Bonchev–Trinajstić information content (AvgIpc) is 3.00. The summed E-state index contributed by atoms with van der Waals surface area (Å²) in [5, 5.41) is 2.50. The lowest BCUT2D eigenvalue weighted by Gasteiger charge is -2.13. The summed E-state index contributed by atoms with van der Waals surface area (Å²) in [6, 6.07) is 10.5. The summed E-state index contributed by atoms with van der Waals surface area (Å²) in [5.74, 6) is -0.129. The van der Waals surface area contributed by atoms with Gasteiger partial charge in [0.2, 0.25) is 5.91 Å². The number of rotatable bonds is 8. The van der Waals surface area contributed by atoms with Crippen LogP contribution in [0, 0.1) is 3.57 Å². The minimum absolute atomic E-state index is 0.194. The van der Waals surface area contributed by atoms with E-state index in [1.807, 2.05) is 26.0 Å². The maximum absolute atomic E-state index is 12.8. The number of nitrogens with one attached hydrogen (secondary N) is 1. The van der Waals surface area contributed by atoms with E-state index >= 15 is 0 Å². The van der Waals surface area contributed by atoms with Gasteiger partial charge in [-0.1, -0.05) is 11.6 Å². The number of ether oxygens (including phenoxy) is 2. The molecule has 1 fully saturated rings. The number of benzene rings is 2. The van der Waals surface area contributed by atoms with Crippen molar-refractivity contribution in [1.82, 2.24) is 4.90 Å². The first-order valence-electron chi connectivity index (χ1n) is 9.72. The largest absolute Gasteiger partial charge is 0.490 e. The summed E-state index contributed by atoms with van der Waals surface area (Å²) >= 11 is 9.25. The SMILES string of the molecule is CCOc1cc(/C=C2/SC(=O)N(CC(=O)Nc3ccc(I)cc3)C2=O)cc(Cl)c1OCC. The molecule has 1 saturated heterocycles. The third-order valence-corrected chi connectivity index (χ3v) is 6.13. The van der Waals surface area contributed by atoms with E-state index < -0.39 is 17.1 Å². The lowest BCUT2D eigenvalue weighted by molar-refractivity contribution is -0.127. The van der Waals surface area contributed by atoms with E-state index in [1.54, 1.807) is 30.3 Å². The zero-order valence-corrected chi connectivity index (χ0v) is 21.0. The molecule has 1 N–H and O–H groups in total. The van der Waals surface area contributed by atoms with E-state index in [4.69, 9.17) is 21.1 Å². The molecule has 10 heteroatoms. The van der Waals surface area contributed by atoms with Gasteiger partial charge in [0.25, 0.3) is 11.1 Å². The molecule has 0 aromatic heterocycles. The van der Waals surface area contributed by atoms with Crippen molar-refractivity contribution in [1.29, 1.82) is 0 Å². The predicted octanol–water partition coefficient (Wildman–Crippen LogP) is 5.42. The number of nitrogens with zero attached hydrogens (tertiary/aromatic N) is 1. The van der Waals surface area contributed by atoms with E-state index in [-0.39, 0.29) is 11.4 Å². The summed E-state index contributed by atoms with van der Waals surface area (Å²) in [6.45, 7) is 4.13. The molecule has 0 saturated carbocycles. The molecule has 0 radical (unpaired) electrons. The molecule has 2 aromatic carbocycles. The third kappa shape index (κ3) is 5.96.